The molecule has 0 heterocycles. The van der Waals surface area contributed by atoms with E-state index >= 15 is 0 Å². The molecule has 1 aromatic carbocycles. The van der Waals surface area contributed by atoms with Crippen molar-refractivity contribution in [1.29, 1.82) is 0 Å². The topological polar surface area (TPSA) is 17.1 Å². The zero-order valence-electron chi connectivity index (χ0n) is 7.92. The summed E-state index contributed by atoms with van der Waals surface area (Å²) >= 11 is 0. The van der Waals surface area contributed by atoms with Gasteiger partial charge in [-0.15, -0.1) is 6.07 Å². The molecule has 0 aliphatic carbocycles. The van der Waals surface area contributed by atoms with E-state index in [-0.39, 0.29) is 38.5 Å². The Kier molecular flexibility index (Phi) is 5.35. The average molecular weight is 248 g/mol. The van der Waals surface area contributed by atoms with Gasteiger partial charge in [-0.05, 0) is 12.5 Å². The number of benzene rings is 1. The summed E-state index contributed by atoms with van der Waals surface area (Å²) in [5, 5.41) is 0. The third kappa shape index (κ3) is 3.17. The van der Waals surface area contributed by atoms with Crippen molar-refractivity contribution in [3.8, 4) is 0 Å². The fraction of sp³-hybridized carbons (Fsp3) is 0.182. The monoisotopic (exact) mass is 248 g/mol. The molecule has 1 nitrogen and oxygen atoms in total. The van der Waals surface area contributed by atoms with Crippen LogP contribution in [0.3, 0.4) is 0 Å². The Morgan fingerprint density at radius 2 is 2.08 bits per heavy atom. The quantitative estimate of drug-likeness (QED) is 0.580. The molecule has 0 saturated heterocycles. The van der Waals surface area contributed by atoms with Gasteiger partial charge in [0.2, 0.25) is 0 Å². The van der Waals surface area contributed by atoms with E-state index in [4.69, 9.17) is 0 Å². The first-order chi connectivity index (χ1) is 5.65. The zero-order valence-corrected chi connectivity index (χ0v) is 10.8. The van der Waals surface area contributed by atoms with Crippen molar-refractivity contribution in [3.63, 3.8) is 0 Å². The Morgan fingerprint density at radius 1 is 1.46 bits per heavy atom. The molecule has 2 heteroatoms. The summed E-state index contributed by atoms with van der Waals surface area (Å²) in [4.78, 5) is 11.0. The van der Waals surface area contributed by atoms with Gasteiger partial charge in [0.05, 0.1) is 0 Å². The van der Waals surface area contributed by atoms with E-state index in [1.165, 1.54) is 0 Å². The molecule has 0 N–H and O–H groups in total. The summed E-state index contributed by atoms with van der Waals surface area (Å²) in [6, 6.07) is 5.54. The summed E-state index contributed by atoms with van der Waals surface area (Å²) in [6.07, 6.45) is 2.79. The number of aryl methyl sites for hydroxylation is 1. The number of rotatable bonds is 2. The minimum absolute atomic E-state index is 0. The van der Waals surface area contributed by atoms with Gasteiger partial charge in [0, 0.05) is 32.7 Å². The van der Waals surface area contributed by atoms with Crippen molar-refractivity contribution < 1.29 is 37.5 Å². The minimum Gasteiger partial charge on any atom is -0.296 e. The van der Waals surface area contributed by atoms with Crippen molar-refractivity contribution in [2.24, 2.45) is 0 Å². The molecule has 0 bridgehead atoms. The maximum atomic E-state index is 11.0. The molecule has 0 fully saturated rings. The third-order valence-electron chi connectivity index (χ3n) is 1.83. The molecule has 0 aliphatic heterocycles. The average Bonchev–Trinajstić information content (AvgIpc) is 2.05. The number of carbonyl (C=O) groups excluding carboxylic acids is 1. The van der Waals surface area contributed by atoms with Crippen LogP contribution >= 0.6 is 0 Å². The molecular formula is C11H11OY-. The summed E-state index contributed by atoms with van der Waals surface area (Å²) in [5.74, 6) is 0.0755. The predicted octanol–water partition coefficient (Wildman–Crippen LogP) is 2.53. The molecule has 0 atom stereocenters. The van der Waals surface area contributed by atoms with Crippen LogP contribution in [0.1, 0.15) is 28.4 Å². The SMILES string of the molecule is C=[C-]c1cc(C(C)=O)ccc1C.[Y]. The van der Waals surface area contributed by atoms with E-state index in [9.17, 15) is 4.79 Å². The van der Waals surface area contributed by atoms with Crippen molar-refractivity contribution in [3.05, 3.63) is 47.5 Å². The molecule has 0 saturated carbocycles. The first-order valence-corrected chi connectivity index (χ1v) is 3.80. The molecule has 0 aromatic heterocycles. The molecular weight excluding hydrogens is 237 g/mol. The Balaban J connectivity index is 0.00000144. The first-order valence-electron chi connectivity index (χ1n) is 3.80. The number of carbonyl (C=O) groups is 1. The van der Waals surface area contributed by atoms with Crippen molar-refractivity contribution >= 4 is 5.78 Å². The third-order valence-corrected chi connectivity index (χ3v) is 1.83. The fourth-order valence-electron chi connectivity index (χ4n) is 1.03. The summed E-state index contributed by atoms with van der Waals surface area (Å²) in [5.41, 5.74) is 2.71. The number of hydrogen-bond acceptors (Lipinski definition) is 1. The predicted molar refractivity (Wildman–Crippen MR) is 49.2 cm³/mol. The molecule has 1 radical (unpaired) electrons. The Bertz CT molecular complexity index is 329. The summed E-state index contributed by atoms with van der Waals surface area (Å²) < 4.78 is 0. The van der Waals surface area contributed by atoms with Gasteiger partial charge in [0.25, 0.3) is 0 Å². The van der Waals surface area contributed by atoms with Crippen LogP contribution in [0.2, 0.25) is 0 Å². The molecule has 13 heavy (non-hydrogen) atoms. The molecule has 65 valence electrons. The van der Waals surface area contributed by atoms with Gasteiger partial charge < -0.3 is 0 Å². The summed E-state index contributed by atoms with van der Waals surface area (Å²) in [7, 11) is 0. The van der Waals surface area contributed by atoms with Crippen molar-refractivity contribution in [2.45, 2.75) is 13.8 Å². The second kappa shape index (κ2) is 5.46. The van der Waals surface area contributed by atoms with Crippen LogP contribution in [0, 0.1) is 13.0 Å². The molecule has 0 unspecified atom stereocenters. The maximum Gasteiger partial charge on any atom is 0.147 e. The normalized spacial score (nSPS) is 8.77. The summed E-state index contributed by atoms with van der Waals surface area (Å²) in [6.45, 7) is 7.08. The van der Waals surface area contributed by atoms with Gasteiger partial charge in [-0.3, -0.25) is 4.79 Å². The second-order valence-corrected chi connectivity index (χ2v) is 2.76. The van der Waals surface area contributed by atoms with Gasteiger partial charge in [-0.1, -0.05) is 13.0 Å². The van der Waals surface area contributed by atoms with Crippen LogP contribution in [0.4, 0.5) is 0 Å². The standard InChI is InChI=1S/C11H11O.Y/c1-4-10-7-11(9(3)12)6-5-8(10)2;/h5-7H,1H2,2-3H3;/q-1;. The molecule has 0 aliphatic rings. The molecule has 0 amide bonds. The second-order valence-electron chi connectivity index (χ2n) is 2.76. The van der Waals surface area contributed by atoms with Gasteiger partial charge in [-0.2, -0.15) is 29.8 Å². The van der Waals surface area contributed by atoms with E-state index in [0.29, 0.717) is 5.56 Å². The van der Waals surface area contributed by atoms with Crippen molar-refractivity contribution in [1.82, 2.24) is 0 Å². The Hall–Kier alpha value is -0.266. The maximum absolute atomic E-state index is 11.0. The number of Topliss-reactive ketones (excluding diaryl/α,β-unsaturated/α-hetero) is 1. The van der Waals surface area contributed by atoms with Crippen LogP contribution in [0.25, 0.3) is 0 Å². The van der Waals surface area contributed by atoms with E-state index in [2.05, 4.69) is 12.7 Å². The first kappa shape index (κ1) is 12.7. The molecule has 0 spiro atoms. The van der Waals surface area contributed by atoms with Crippen LogP contribution in [-0.4, -0.2) is 5.78 Å². The van der Waals surface area contributed by atoms with Crippen LogP contribution in [0.15, 0.2) is 24.8 Å². The fourth-order valence-corrected chi connectivity index (χ4v) is 1.03. The van der Waals surface area contributed by atoms with Crippen LogP contribution in [-0.2, 0) is 32.7 Å². The van der Waals surface area contributed by atoms with Gasteiger partial charge in [0.15, 0.2) is 0 Å². The van der Waals surface area contributed by atoms with E-state index in [1.54, 1.807) is 6.92 Å². The number of hydrogen-bond donors (Lipinski definition) is 0. The van der Waals surface area contributed by atoms with Crippen LogP contribution < -0.4 is 0 Å². The van der Waals surface area contributed by atoms with E-state index in [1.807, 2.05) is 25.1 Å². The van der Waals surface area contributed by atoms with E-state index < -0.39 is 0 Å². The van der Waals surface area contributed by atoms with Gasteiger partial charge >= 0.3 is 0 Å². The molecule has 1 aromatic rings. The van der Waals surface area contributed by atoms with Gasteiger partial charge in [-0.25, -0.2) is 0 Å². The Labute approximate surface area is 104 Å². The Morgan fingerprint density at radius 3 is 2.54 bits per heavy atom. The smallest absolute Gasteiger partial charge is 0.147 e. The van der Waals surface area contributed by atoms with Crippen molar-refractivity contribution in [2.75, 3.05) is 0 Å². The van der Waals surface area contributed by atoms with Gasteiger partial charge in [0.1, 0.15) is 5.78 Å². The zero-order chi connectivity index (χ0) is 9.14. The number of ketones is 1. The van der Waals surface area contributed by atoms with Crippen LogP contribution in [0.5, 0.6) is 0 Å². The molecule has 1 rings (SSSR count). The minimum atomic E-state index is 0. The largest absolute Gasteiger partial charge is 0.296 e. The van der Waals surface area contributed by atoms with E-state index in [0.717, 1.165) is 11.1 Å².